The van der Waals surface area contributed by atoms with Crippen LogP contribution in [0.2, 0.25) is 5.02 Å². The average Bonchev–Trinajstić information content (AvgIpc) is 2.59. The number of hydrogen-bond acceptors (Lipinski definition) is 5. The largest absolute Gasteiger partial charge is 0.383 e. The Morgan fingerprint density at radius 2 is 1.92 bits per heavy atom. The molecule has 0 aromatic heterocycles. The van der Waals surface area contributed by atoms with Crippen LogP contribution in [-0.4, -0.2) is 74.7 Å². The molecule has 144 valence electrons. The van der Waals surface area contributed by atoms with Crippen LogP contribution in [0.5, 0.6) is 0 Å². The number of urea groups is 1. The lowest BCUT2D eigenvalue weighted by molar-refractivity contribution is -0.121. The SMILES string of the molecule is COCCNC(=O)NC(=O)CN1CCN(Cc2ccc(F)cc2Cl)CC1. The van der Waals surface area contributed by atoms with Gasteiger partial charge in [0.2, 0.25) is 5.91 Å². The highest BCUT2D eigenvalue weighted by atomic mass is 35.5. The Labute approximate surface area is 157 Å². The molecule has 0 aliphatic carbocycles. The van der Waals surface area contributed by atoms with Crippen molar-refractivity contribution in [2.45, 2.75) is 6.54 Å². The number of halogens is 2. The third-order valence-electron chi connectivity index (χ3n) is 4.09. The van der Waals surface area contributed by atoms with E-state index in [0.29, 0.717) is 37.8 Å². The smallest absolute Gasteiger partial charge is 0.321 e. The van der Waals surface area contributed by atoms with E-state index in [1.165, 1.54) is 19.2 Å². The number of benzene rings is 1. The summed E-state index contributed by atoms with van der Waals surface area (Å²) in [7, 11) is 1.54. The Morgan fingerprint density at radius 3 is 2.58 bits per heavy atom. The molecule has 1 aromatic rings. The summed E-state index contributed by atoms with van der Waals surface area (Å²) >= 11 is 6.06. The highest BCUT2D eigenvalue weighted by Crippen LogP contribution is 2.19. The first-order valence-corrected chi connectivity index (χ1v) is 8.81. The molecule has 0 saturated carbocycles. The van der Waals surface area contributed by atoms with Crippen molar-refractivity contribution < 1.29 is 18.7 Å². The summed E-state index contributed by atoms with van der Waals surface area (Å²) in [4.78, 5) is 27.6. The molecule has 1 saturated heterocycles. The van der Waals surface area contributed by atoms with Crippen molar-refractivity contribution in [2.24, 2.45) is 0 Å². The van der Waals surface area contributed by atoms with E-state index in [1.54, 1.807) is 6.07 Å². The lowest BCUT2D eigenvalue weighted by Gasteiger charge is -2.34. The van der Waals surface area contributed by atoms with E-state index in [-0.39, 0.29) is 18.3 Å². The normalized spacial score (nSPS) is 15.7. The molecule has 0 spiro atoms. The van der Waals surface area contributed by atoms with Gasteiger partial charge in [0, 0.05) is 51.4 Å². The fourth-order valence-corrected chi connectivity index (χ4v) is 2.90. The first-order valence-electron chi connectivity index (χ1n) is 8.43. The maximum atomic E-state index is 13.1. The molecule has 9 heteroatoms. The third kappa shape index (κ3) is 6.87. The minimum absolute atomic E-state index is 0.169. The van der Waals surface area contributed by atoms with Crippen LogP contribution in [0.4, 0.5) is 9.18 Å². The first kappa shape index (κ1) is 20.6. The first-order chi connectivity index (χ1) is 12.5. The van der Waals surface area contributed by atoms with E-state index in [1.807, 2.05) is 4.90 Å². The predicted octanol–water partition coefficient (Wildman–Crippen LogP) is 1.07. The summed E-state index contributed by atoms with van der Waals surface area (Å²) in [6.45, 7) is 4.49. The third-order valence-corrected chi connectivity index (χ3v) is 4.44. The maximum absolute atomic E-state index is 13.1. The number of ether oxygens (including phenoxy) is 1. The lowest BCUT2D eigenvalue weighted by atomic mass is 10.2. The zero-order valence-electron chi connectivity index (χ0n) is 14.8. The van der Waals surface area contributed by atoms with Crippen molar-refractivity contribution >= 4 is 23.5 Å². The quantitative estimate of drug-likeness (QED) is 0.686. The fourth-order valence-electron chi connectivity index (χ4n) is 2.68. The van der Waals surface area contributed by atoms with E-state index in [0.717, 1.165) is 18.7 Å². The number of rotatable bonds is 7. The topological polar surface area (TPSA) is 73.9 Å². The van der Waals surface area contributed by atoms with Crippen LogP contribution in [0.15, 0.2) is 18.2 Å². The molecule has 1 fully saturated rings. The Kier molecular flexibility index (Phi) is 8.24. The summed E-state index contributed by atoms with van der Waals surface area (Å²) in [6, 6.07) is 3.89. The van der Waals surface area contributed by atoms with Crippen LogP contribution < -0.4 is 10.6 Å². The van der Waals surface area contributed by atoms with Crippen LogP contribution in [0.1, 0.15) is 5.56 Å². The molecule has 2 N–H and O–H groups in total. The standard InChI is InChI=1S/C17H24ClFN4O3/c1-26-9-4-20-17(25)21-16(24)12-23-7-5-22(6-8-23)11-13-2-3-14(19)10-15(13)18/h2-3,10H,4-9,11-12H2,1H3,(H2,20,21,24,25). The van der Waals surface area contributed by atoms with Gasteiger partial charge in [-0.05, 0) is 17.7 Å². The van der Waals surface area contributed by atoms with Gasteiger partial charge in [0.15, 0.2) is 0 Å². The number of methoxy groups -OCH3 is 1. The molecule has 1 aliphatic heterocycles. The van der Waals surface area contributed by atoms with Gasteiger partial charge in [0.25, 0.3) is 0 Å². The number of imide groups is 1. The number of carbonyl (C=O) groups excluding carboxylic acids is 2. The number of nitrogens with one attached hydrogen (secondary N) is 2. The molecule has 3 amide bonds. The van der Waals surface area contributed by atoms with Crippen molar-refractivity contribution in [1.82, 2.24) is 20.4 Å². The highest BCUT2D eigenvalue weighted by Gasteiger charge is 2.20. The maximum Gasteiger partial charge on any atom is 0.321 e. The minimum atomic E-state index is -0.517. The van der Waals surface area contributed by atoms with Gasteiger partial charge in [-0.15, -0.1) is 0 Å². The van der Waals surface area contributed by atoms with Crippen LogP contribution in [0.25, 0.3) is 0 Å². The van der Waals surface area contributed by atoms with Crippen molar-refractivity contribution in [3.8, 4) is 0 Å². The molecule has 0 atom stereocenters. The molecule has 0 bridgehead atoms. The van der Waals surface area contributed by atoms with Gasteiger partial charge in [-0.2, -0.15) is 0 Å². The van der Waals surface area contributed by atoms with Crippen molar-refractivity contribution in [3.63, 3.8) is 0 Å². The molecule has 26 heavy (non-hydrogen) atoms. The van der Waals surface area contributed by atoms with E-state index in [9.17, 15) is 14.0 Å². The van der Waals surface area contributed by atoms with Crippen molar-refractivity contribution in [3.05, 3.63) is 34.6 Å². The molecule has 7 nitrogen and oxygen atoms in total. The molecule has 0 unspecified atom stereocenters. The molecular formula is C17H24ClFN4O3. The Bertz CT molecular complexity index is 624. The van der Waals surface area contributed by atoms with Gasteiger partial charge >= 0.3 is 6.03 Å². The lowest BCUT2D eigenvalue weighted by Crippen LogP contribution is -2.51. The number of amides is 3. The highest BCUT2D eigenvalue weighted by molar-refractivity contribution is 6.31. The molecular weight excluding hydrogens is 363 g/mol. The van der Waals surface area contributed by atoms with Gasteiger partial charge < -0.3 is 10.1 Å². The second-order valence-electron chi connectivity index (χ2n) is 6.08. The van der Waals surface area contributed by atoms with Crippen LogP contribution in [0.3, 0.4) is 0 Å². The number of carbonyl (C=O) groups is 2. The molecule has 1 heterocycles. The van der Waals surface area contributed by atoms with Gasteiger partial charge in [0.1, 0.15) is 5.82 Å². The Hall–Kier alpha value is -1.74. The number of piperazine rings is 1. The minimum Gasteiger partial charge on any atom is -0.383 e. The molecule has 2 rings (SSSR count). The second kappa shape index (κ2) is 10.4. The van der Waals surface area contributed by atoms with Gasteiger partial charge in [-0.3, -0.25) is 19.9 Å². The van der Waals surface area contributed by atoms with Gasteiger partial charge in [-0.1, -0.05) is 17.7 Å². The Balaban J connectivity index is 1.69. The summed E-state index contributed by atoms with van der Waals surface area (Å²) in [5.74, 6) is -0.684. The second-order valence-corrected chi connectivity index (χ2v) is 6.49. The molecule has 0 radical (unpaired) electrons. The van der Waals surface area contributed by atoms with E-state index < -0.39 is 6.03 Å². The van der Waals surface area contributed by atoms with Crippen LogP contribution >= 0.6 is 11.6 Å². The van der Waals surface area contributed by atoms with Gasteiger partial charge in [0.05, 0.1) is 13.2 Å². The predicted molar refractivity (Wildman–Crippen MR) is 96.5 cm³/mol. The fraction of sp³-hybridized carbons (Fsp3) is 0.529. The monoisotopic (exact) mass is 386 g/mol. The zero-order valence-corrected chi connectivity index (χ0v) is 15.5. The number of hydrogen-bond donors (Lipinski definition) is 2. The van der Waals surface area contributed by atoms with Crippen molar-refractivity contribution in [2.75, 3.05) is 53.0 Å². The zero-order chi connectivity index (χ0) is 18.9. The summed E-state index contributed by atoms with van der Waals surface area (Å²) in [5.41, 5.74) is 0.881. The van der Waals surface area contributed by atoms with E-state index in [2.05, 4.69) is 15.5 Å². The molecule has 1 aliphatic rings. The summed E-state index contributed by atoms with van der Waals surface area (Å²) < 4.78 is 17.9. The van der Waals surface area contributed by atoms with E-state index in [4.69, 9.17) is 16.3 Å². The summed E-state index contributed by atoms with van der Waals surface area (Å²) in [5, 5.41) is 5.25. The van der Waals surface area contributed by atoms with Crippen LogP contribution in [-0.2, 0) is 16.1 Å². The van der Waals surface area contributed by atoms with E-state index >= 15 is 0 Å². The summed E-state index contributed by atoms with van der Waals surface area (Å²) in [6.07, 6.45) is 0. The molecule has 1 aromatic carbocycles. The van der Waals surface area contributed by atoms with Crippen LogP contribution in [0, 0.1) is 5.82 Å². The Morgan fingerprint density at radius 1 is 1.23 bits per heavy atom. The van der Waals surface area contributed by atoms with Crippen molar-refractivity contribution in [1.29, 1.82) is 0 Å². The van der Waals surface area contributed by atoms with Gasteiger partial charge in [-0.25, -0.2) is 9.18 Å². The number of nitrogens with zero attached hydrogens (tertiary/aromatic N) is 2. The average molecular weight is 387 g/mol.